The fourth-order valence-corrected chi connectivity index (χ4v) is 7.24. The van der Waals surface area contributed by atoms with Gasteiger partial charge in [0.05, 0.1) is 0 Å². The zero-order valence-corrected chi connectivity index (χ0v) is 15.2. The third kappa shape index (κ3) is 2.15. The number of allylic oxidation sites excluding steroid dienone is 2. The van der Waals surface area contributed by atoms with Crippen molar-refractivity contribution in [2.24, 2.45) is 28.6 Å². The molecular weight excluding hydrogens is 264 g/mol. The van der Waals surface area contributed by atoms with Crippen molar-refractivity contribution in [2.75, 3.05) is 0 Å². The summed E-state index contributed by atoms with van der Waals surface area (Å²) in [5.41, 5.74) is 5.33. The number of fused-ring (bicyclic) bond motifs is 4. The predicted molar refractivity (Wildman–Crippen MR) is 94.8 cm³/mol. The van der Waals surface area contributed by atoms with Crippen molar-refractivity contribution in [3.05, 3.63) is 11.1 Å². The lowest BCUT2D eigenvalue weighted by Crippen LogP contribution is -2.42. The van der Waals surface area contributed by atoms with Crippen LogP contribution in [0.2, 0.25) is 0 Å². The summed E-state index contributed by atoms with van der Waals surface area (Å²) in [5, 5.41) is 0. The van der Waals surface area contributed by atoms with E-state index in [0.717, 1.165) is 23.2 Å². The molecular formula is C22H36. The molecule has 0 nitrogen and oxygen atoms in total. The van der Waals surface area contributed by atoms with Crippen LogP contribution in [0.1, 0.15) is 97.8 Å². The van der Waals surface area contributed by atoms with Gasteiger partial charge in [0.1, 0.15) is 0 Å². The minimum atomic E-state index is 0.669. The Morgan fingerprint density at radius 2 is 1.77 bits per heavy atom. The normalized spacial score (nSPS) is 43.5. The molecule has 4 aliphatic rings. The fraction of sp³-hybridized carbons (Fsp3) is 0.909. The summed E-state index contributed by atoms with van der Waals surface area (Å²) >= 11 is 0. The van der Waals surface area contributed by atoms with Gasteiger partial charge in [-0.1, -0.05) is 51.2 Å². The highest BCUT2D eigenvalue weighted by atomic mass is 14.6. The van der Waals surface area contributed by atoms with E-state index in [1.807, 2.05) is 11.1 Å². The molecule has 4 aliphatic carbocycles. The van der Waals surface area contributed by atoms with Gasteiger partial charge in [0, 0.05) is 0 Å². The molecule has 0 heterocycles. The number of rotatable bonds is 2. The largest absolute Gasteiger partial charge is 0.0702 e. The number of hydrogen-bond donors (Lipinski definition) is 0. The Morgan fingerprint density at radius 3 is 2.55 bits per heavy atom. The first-order chi connectivity index (χ1) is 10.6. The van der Waals surface area contributed by atoms with Gasteiger partial charge in [0.2, 0.25) is 0 Å². The van der Waals surface area contributed by atoms with Crippen molar-refractivity contribution in [1.29, 1.82) is 0 Å². The monoisotopic (exact) mass is 300 g/mol. The Hall–Kier alpha value is -0.260. The van der Waals surface area contributed by atoms with Gasteiger partial charge < -0.3 is 0 Å². The van der Waals surface area contributed by atoms with Crippen LogP contribution in [0.3, 0.4) is 0 Å². The zero-order valence-electron chi connectivity index (χ0n) is 15.2. The quantitative estimate of drug-likeness (QED) is 0.486. The van der Waals surface area contributed by atoms with Gasteiger partial charge in [-0.25, -0.2) is 0 Å². The van der Waals surface area contributed by atoms with E-state index in [2.05, 4.69) is 20.8 Å². The standard InChI is InChI=1S/C22H36/c1-4-22(5-2)14-11-17-16(15-22)8-9-19-18(17)10-13-21(3)12-6-7-20(19)21/h18-20H,4-15H2,1-3H3. The summed E-state index contributed by atoms with van der Waals surface area (Å²) in [6, 6.07) is 0. The predicted octanol–water partition coefficient (Wildman–Crippen LogP) is 6.90. The SMILES string of the molecule is CCC1(CC)CCC2=C(CCC3C2CCC2(C)CCCC32)C1. The van der Waals surface area contributed by atoms with Crippen LogP contribution in [-0.2, 0) is 0 Å². The zero-order chi connectivity index (χ0) is 15.4. The Kier molecular flexibility index (Phi) is 3.74. The van der Waals surface area contributed by atoms with Crippen molar-refractivity contribution in [1.82, 2.24) is 0 Å². The Balaban J connectivity index is 1.60. The molecule has 0 amide bonds. The van der Waals surface area contributed by atoms with Crippen LogP contribution in [0.5, 0.6) is 0 Å². The molecule has 22 heavy (non-hydrogen) atoms. The molecule has 0 spiro atoms. The van der Waals surface area contributed by atoms with Gasteiger partial charge in [0.25, 0.3) is 0 Å². The number of hydrogen-bond acceptors (Lipinski definition) is 0. The van der Waals surface area contributed by atoms with E-state index >= 15 is 0 Å². The van der Waals surface area contributed by atoms with Crippen molar-refractivity contribution in [2.45, 2.75) is 97.8 Å². The molecule has 0 N–H and O–H groups in total. The van der Waals surface area contributed by atoms with Crippen molar-refractivity contribution >= 4 is 0 Å². The van der Waals surface area contributed by atoms with Crippen LogP contribution < -0.4 is 0 Å². The Morgan fingerprint density at radius 1 is 0.955 bits per heavy atom. The highest BCUT2D eigenvalue weighted by Gasteiger charge is 2.51. The average Bonchev–Trinajstić information content (AvgIpc) is 2.95. The maximum absolute atomic E-state index is 2.63. The highest BCUT2D eigenvalue weighted by Crippen LogP contribution is 2.62. The Bertz CT molecular complexity index is 466. The third-order valence-corrected chi connectivity index (χ3v) is 8.91. The fourth-order valence-electron chi connectivity index (χ4n) is 7.24. The smallest absolute Gasteiger partial charge is 0.0169 e. The summed E-state index contributed by atoms with van der Waals surface area (Å²) in [7, 11) is 0. The van der Waals surface area contributed by atoms with Crippen LogP contribution in [-0.4, -0.2) is 0 Å². The summed E-state index contributed by atoms with van der Waals surface area (Å²) in [4.78, 5) is 0. The van der Waals surface area contributed by atoms with Crippen LogP contribution >= 0.6 is 0 Å². The molecule has 2 fully saturated rings. The van der Waals surface area contributed by atoms with E-state index in [-0.39, 0.29) is 0 Å². The van der Waals surface area contributed by atoms with E-state index in [0.29, 0.717) is 5.41 Å². The molecule has 2 saturated carbocycles. The van der Waals surface area contributed by atoms with Gasteiger partial charge in [0.15, 0.2) is 0 Å². The molecule has 0 bridgehead atoms. The maximum Gasteiger partial charge on any atom is -0.0169 e. The van der Waals surface area contributed by atoms with Crippen molar-refractivity contribution in [3.63, 3.8) is 0 Å². The molecule has 0 radical (unpaired) electrons. The molecule has 4 unspecified atom stereocenters. The van der Waals surface area contributed by atoms with Crippen LogP contribution in [0.15, 0.2) is 11.1 Å². The average molecular weight is 301 g/mol. The van der Waals surface area contributed by atoms with Gasteiger partial charge in [-0.05, 0) is 86.4 Å². The van der Waals surface area contributed by atoms with Crippen LogP contribution in [0, 0.1) is 28.6 Å². The summed E-state index contributed by atoms with van der Waals surface area (Å²) in [6.07, 6.45) is 17.9. The molecule has 4 rings (SSSR count). The maximum atomic E-state index is 2.63. The molecule has 0 heteroatoms. The first-order valence-corrected chi connectivity index (χ1v) is 10.3. The summed E-state index contributed by atoms with van der Waals surface area (Å²) < 4.78 is 0. The van der Waals surface area contributed by atoms with Crippen molar-refractivity contribution < 1.29 is 0 Å². The lowest BCUT2D eigenvalue weighted by Gasteiger charge is -2.52. The summed E-state index contributed by atoms with van der Waals surface area (Å²) in [5.74, 6) is 3.15. The molecule has 0 aromatic rings. The minimum absolute atomic E-state index is 0.669. The van der Waals surface area contributed by atoms with Gasteiger partial charge in [-0.3, -0.25) is 0 Å². The van der Waals surface area contributed by atoms with Gasteiger partial charge in [-0.15, -0.1) is 0 Å². The van der Waals surface area contributed by atoms with E-state index in [1.165, 1.54) is 70.6 Å². The minimum Gasteiger partial charge on any atom is -0.0702 e. The molecule has 0 aliphatic heterocycles. The van der Waals surface area contributed by atoms with Gasteiger partial charge >= 0.3 is 0 Å². The second-order valence-corrected chi connectivity index (χ2v) is 9.51. The van der Waals surface area contributed by atoms with Gasteiger partial charge in [-0.2, -0.15) is 0 Å². The molecule has 124 valence electrons. The van der Waals surface area contributed by atoms with Crippen LogP contribution in [0.4, 0.5) is 0 Å². The molecule has 4 atom stereocenters. The van der Waals surface area contributed by atoms with E-state index in [4.69, 9.17) is 0 Å². The summed E-state index contributed by atoms with van der Waals surface area (Å²) in [6.45, 7) is 7.50. The van der Waals surface area contributed by atoms with E-state index < -0.39 is 0 Å². The second kappa shape index (κ2) is 5.38. The molecule has 0 aromatic carbocycles. The molecule has 0 saturated heterocycles. The topological polar surface area (TPSA) is 0 Å². The first-order valence-electron chi connectivity index (χ1n) is 10.3. The van der Waals surface area contributed by atoms with E-state index in [9.17, 15) is 0 Å². The second-order valence-electron chi connectivity index (χ2n) is 9.51. The molecule has 0 aromatic heterocycles. The first kappa shape index (κ1) is 15.3. The lowest BCUT2D eigenvalue weighted by atomic mass is 9.53. The highest BCUT2D eigenvalue weighted by molar-refractivity contribution is 5.28. The van der Waals surface area contributed by atoms with Crippen LogP contribution in [0.25, 0.3) is 0 Å². The van der Waals surface area contributed by atoms with Crippen molar-refractivity contribution in [3.8, 4) is 0 Å². The third-order valence-electron chi connectivity index (χ3n) is 8.91. The Labute approximate surface area is 138 Å². The lowest BCUT2D eigenvalue weighted by molar-refractivity contribution is 0.0369. The van der Waals surface area contributed by atoms with E-state index in [1.54, 1.807) is 6.42 Å².